The van der Waals surface area contributed by atoms with E-state index in [1.807, 2.05) is 0 Å². The lowest BCUT2D eigenvalue weighted by atomic mass is 9.82. The van der Waals surface area contributed by atoms with Crippen molar-refractivity contribution >= 4 is 29.1 Å². The Balaban J connectivity index is 1.60. The quantitative estimate of drug-likeness (QED) is 0.367. The molecule has 10 nitrogen and oxygen atoms in total. The topological polar surface area (TPSA) is 140 Å². The molecule has 2 aromatic carbocycles. The monoisotopic (exact) mass is 619 g/mol. The minimum Gasteiger partial charge on any atom is -0.485 e. The Hall–Kier alpha value is -4.82. The number of primary amides is 1. The number of para-hydroxylation sites is 1. The van der Waals surface area contributed by atoms with E-state index in [2.05, 4.69) is 15.5 Å². The predicted octanol–water partition coefficient (Wildman–Crippen LogP) is 3.86. The molecule has 3 atom stereocenters. The first-order valence-corrected chi connectivity index (χ1v) is 13.4. The lowest BCUT2D eigenvalue weighted by molar-refractivity contribution is -0.144. The first-order chi connectivity index (χ1) is 20.8. The number of hydrogen-bond donors (Lipinski definition) is 2. The van der Waals surface area contributed by atoms with Gasteiger partial charge in [0.15, 0.2) is 6.61 Å². The second-order valence-electron chi connectivity index (χ2n) is 10.5. The van der Waals surface area contributed by atoms with Gasteiger partial charge < -0.3 is 20.3 Å². The largest absolute Gasteiger partial charge is 0.485 e. The van der Waals surface area contributed by atoms with Gasteiger partial charge in [0, 0.05) is 23.1 Å². The zero-order valence-corrected chi connectivity index (χ0v) is 23.1. The number of aromatic nitrogens is 1. The molecule has 0 radical (unpaired) electrons. The molecule has 5 rings (SSSR count). The van der Waals surface area contributed by atoms with Crippen molar-refractivity contribution in [2.45, 2.75) is 43.9 Å². The first-order valence-electron chi connectivity index (χ1n) is 13.4. The Morgan fingerprint density at radius 3 is 2.52 bits per heavy atom. The Morgan fingerprint density at radius 1 is 1.16 bits per heavy atom. The number of nitrogens with two attached hydrogens (primary N) is 1. The van der Waals surface area contributed by atoms with Gasteiger partial charge in [-0.3, -0.25) is 19.3 Å². The minimum atomic E-state index is -4.71. The third-order valence-electron chi connectivity index (χ3n) is 7.34. The zero-order chi connectivity index (χ0) is 31.8. The van der Waals surface area contributed by atoms with E-state index in [-0.39, 0.29) is 34.0 Å². The molecule has 15 heteroatoms. The smallest absolute Gasteiger partial charge is 0.389 e. The average molecular weight is 620 g/mol. The highest BCUT2D eigenvalue weighted by Gasteiger charge is 2.46. The number of ether oxygens (including phenoxy) is 1. The highest BCUT2D eigenvalue weighted by molar-refractivity contribution is 6.21. The Bertz CT molecular complexity index is 1610. The lowest BCUT2D eigenvalue weighted by Gasteiger charge is -2.28. The van der Waals surface area contributed by atoms with Gasteiger partial charge in [-0.25, -0.2) is 13.8 Å². The molecule has 3 unspecified atom stereocenters. The van der Waals surface area contributed by atoms with E-state index in [0.29, 0.717) is 5.56 Å². The number of anilines is 1. The molecule has 0 saturated heterocycles. The van der Waals surface area contributed by atoms with Crippen LogP contribution >= 0.6 is 0 Å². The number of nitrogens with zero attached hydrogens (tertiary/aromatic N) is 3. The number of benzene rings is 2. The van der Waals surface area contributed by atoms with Crippen LogP contribution in [0.5, 0.6) is 5.75 Å². The van der Waals surface area contributed by atoms with Crippen molar-refractivity contribution in [1.29, 1.82) is 0 Å². The molecule has 3 N–H and O–H groups in total. The highest BCUT2D eigenvalue weighted by Crippen LogP contribution is 2.41. The van der Waals surface area contributed by atoms with E-state index in [1.54, 1.807) is 36.4 Å². The van der Waals surface area contributed by atoms with E-state index >= 15 is 0 Å². The lowest BCUT2D eigenvalue weighted by Crippen LogP contribution is -2.52. The second kappa shape index (κ2) is 11.7. The number of carbonyl (C=O) groups is 3. The summed E-state index contributed by atoms with van der Waals surface area (Å²) in [5, 5.41) is 5.96. The maximum Gasteiger partial charge on any atom is 0.389 e. The van der Waals surface area contributed by atoms with Crippen LogP contribution in [-0.2, 0) is 14.4 Å². The summed E-state index contributed by atoms with van der Waals surface area (Å²) in [5.41, 5.74) is 6.49. The van der Waals surface area contributed by atoms with E-state index in [1.165, 1.54) is 19.1 Å². The SMILES string of the molecule is Cc1nocc1C(C(N)=O)C(CCC(F)(F)F)C(=O)NC1N=C(c2ccccc2)c2cccc3c2N(CC(F)(F)CO3)C1=O. The number of halogens is 5. The number of alkyl halides is 5. The van der Waals surface area contributed by atoms with E-state index < -0.39 is 73.8 Å². The third-order valence-corrected chi connectivity index (χ3v) is 7.34. The molecule has 3 amide bonds. The molecule has 3 aromatic rings. The Morgan fingerprint density at radius 2 is 1.89 bits per heavy atom. The molecule has 2 aliphatic rings. The van der Waals surface area contributed by atoms with Crippen LogP contribution in [0.1, 0.15) is 41.1 Å². The summed E-state index contributed by atoms with van der Waals surface area (Å²) in [6.07, 6.45) is -7.96. The summed E-state index contributed by atoms with van der Waals surface area (Å²) < 4.78 is 79.9. The summed E-state index contributed by atoms with van der Waals surface area (Å²) in [7, 11) is 0. The molecule has 44 heavy (non-hydrogen) atoms. The Kier molecular flexibility index (Phi) is 8.14. The van der Waals surface area contributed by atoms with Crippen molar-refractivity contribution < 1.29 is 45.6 Å². The van der Waals surface area contributed by atoms with Crippen LogP contribution in [0, 0.1) is 12.8 Å². The van der Waals surface area contributed by atoms with E-state index in [4.69, 9.17) is 15.0 Å². The molecule has 1 aromatic heterocycles. The summed E-state index contributed by atoms with van der Waals surface area (Å²) in [5.74, 6) is -10.3. The van der Waals surface area contributed by atoms with Gasteiger partial charge in [0.2, 0.25) is 18.0 Å². The van der Waals surface area contributed by atoms with E-state index in [9.17, 15) is 36.3 Å². The molecular formula is C29H26F5N5O5. The fourth-order valence-corrected chi connectivity index (χ4v) is 5.33. The summed E-state index contributed by atoms with van der Waals surface area (Å²) in [6, 6.07) is 12.8. The number of amides is 3. The number of rotatable bonds is 8. The zero-order valence-electron chi connectivity index (χ0n) is 23.1. The normalized spacial score (nSPS) is 19.0. The average Bonchev–Trinajstić information content (AvgIpc) is 3.27. The first kappa shape index (κ1) is 30.6. The van der Waals surface area contributed by atoms with Gasteiger partial charge in [0.25, 0.3) is 11.8 Å². The summed E-state index contributed by atoms with van der Waals surface area (Å²) in [4.78, 5) is 45.5. The molecule has 0 saturated carbocycles. The van der Waals surface area contributed by atoms with Crippen LogP contribution in [0.3, 0.4) is 0 Å². The van der Waals surface area contributed by atoms with Gasteiger partial charge in [0.1, 0.15) is 12.0 Å². The van der Waals surface area contributed by atoms with Crippen molar-refractivity contribution in [2.75, 3.05) is 18.1 Å². The van der Waals surface area contributed by atoms with Gasteiger partial charge in [-0.1, -0.05) is 47.6 Å². The predicted molar refractivity (Wildman–Crippen MR) is 145 cm³/mol. The van der Waals surface area contributed by atoms with Crippen molar-refractivity contribution in [2.24, 2.45) is 16.6 Å². The fraction of sp³-hybridized carbons (Fsp3) is 0.345. The van der Waals surface area contributed by atoms with E-state index in [0.717, 1.165) is 11.2 Å². The van der Waals surface area contributed by atoms with Crippen molar-refractivity contribution in [3.8, 4) is 5.75 Å². The van der Waals surface area contributed by atoms with Crippen LogP contribution < -0.4 is 20.7 Å². The maximum atomic E-state index is 14.9. The van der Waals surface area contributed by atoms with Crippen LogP contribution in [0.4, 0.5) is 27.6 Å². The third kappa shape index (κ3) is 6.26. The van der Waals surface area contributed by atoms with Crippen LogP contribution in [-0.4, -0.2) is 60.0 Å². The molecule has 0 fully saturated rings. The molecule has 0 bridgehead atoms. The number of nitrogens with one attached hydrogen (secondary N) is 1. The molecule has 232 valence electrons. The fourth-order valence-electron chi connectivity index (χ4n) is 5.33. The number of aliphatic imine (C=N–C) groups is 1. The summed E-state index contributed by atoms with van der Waals surface area (Å²) >= 11 is 0. The van der Waals surface area contributed by atoms with Crippen molar-refractivity contribution in [1.82, 2.24) is 10.5 Å². The molecule has 2 aliphatic heterocycles. The van der Waals surface area contributed by atoms with Gasteiger partial charge in [-0.15, -0.1) is 0 Å². The Labute approximate surface area is 247 Å². The van der Waals surface area contributed by atoms with Crippen LogP contribution in [0.15, 0.2) is 64.3 Å². The molecule has 0 aliphatic carbocycles. The van der Waals surface area contributed by atoms with Gasteiger partial charge in [0.05, 0.1) is 35.5 Å². The molecule has 0 spiro atoms. The van der Waals surface area contributed by atoms with Crippen molar-refractivity contribution in [3.05, 3.63) is 77.2 Å². The maximum absolute atomic E-state index is 14.9. The minimum absolute atomic E-state index is 0.00208. The van der Waals surface area contributed by atoms with Crippen LogP contribution in [0.2, 0.25) is 0 Å². The van der Waals surface area contributed by atoms with Crippen molar-refractivity contribution in [3.63, 3.8) is 0 Å². The van der Waals surface area contributed by atoms with Gasteiger partial charge in [-0.2, -0.15) is 13.2 Å². The molecule has 3 heterocycles. The van der Waals surface area contributed by atoms with Gasteiger partial charge in [-0.05, 0) is 19.4 Å². The number of hydrogen-bond acceptors (Lipinski definition) is 7. The summed E-state index contributed by atoms with van der Waals surface area (Å²) in [6.45, 7) is -0.740. The number of carbonyl (C=O) groups excluding carboxylic acids is 3. The highest BCUT2D eigenvalue weighted by atomic mass is 19.4. The van der Waals surface area contributed by atoms with Gasteiger partial charge >= 0.3 is 6.18 Å². The standard InChI is InChI=1S/C29H26F5N5O5/c1-15-19(12-44-38-15)21(24(35)40)17(10-11-29(32,33)34)26(41)37-25-27(42)39-13-28(30,31)14-43-20-9-5-8-18(23(20)39)22(36-25)16-6-3-2-4-7-16/h2-9,12,17,21,25H,10-11,13-14H2,1H3,(H2,35,40)(H,37,41). The van der Waals surface area contributed by atoms with Crippen LogP contribution in [0.25, 0.3) is 0 Å². The molecular weight excluding hydrogens is 593 g/mol. The number of aryl methyl sites for hydroxylation is 1. The second-order valence-corrected chi connectivity index (χ2v) is 10.5.